The van der Waals surface area contributed by atoms with E-state index in [2.05, 4.69) is 10.6 Å². The first-order valence-corrected chi connectivity index (χ1v) is 4.29. The van der Waals surface area contributed by atoms with Crippen LogP contribution in [0.2, 0.25) is 0 Å². The summed E-state index contributed by atoms with van der Waals surface area (Å²) in [4.78, 5) is 0. The minimum absolute atomic E-state index is 0.917. The molecule has 1 heterocycles. The Morgan fingerprint density at radius 1 is 1.40 bits per heavy atom. The van der Waals surface area contributed by atoms with Gasteiger partial charge in [-0.25, -0.2) is 0 Å². The lowest BCUT2D eigenvalue weighted by molar-refractivity contribution is 0.452. The van der Waals surface area contributed by atoms with E-state index in [0.29, 0.717) is 0 Å². The summed E-state index contributed by atoms with van der Waals surface area (Å²) in [5.41, 5.74) is 0. The Bertz CT molecular complexity index is 75.3. The van der Waals surface area contributed by atoms with Gasteiger partial charge < -0.3 is 10.6 Å². The first kappa shape index (κ1) is 8.02. The van der Waals surface area contributed by atoms with E-state index in [4.69, 9.17) is 0 Å². The monoisotopic (exact) mass is 142 g/mol. The van der Waals surface area contributed by atoms with Crippen molar-refractivity contribution in [2.24, 2.45) is 5.92 Å². The van der Waals surface area contributed by atoms with Crippen molar-refractivity contribution in [1.29, 1.82) is 0 Å². The van der Waals surface area contributed by atoms with Gasteiger partial charge in [-0.3, -0.25) is 0 Å². The van der Waals surface area contributed by atoms with Gasteiger partial charge in [0, 0.05) is 0 Å². The van der Waals surface area contributed by atoms with Crippen LogP contribution >= 0.6 is 0 Å². The first-order chi connectivity index (χ1) is 4.93. The van der Waals surface area contributed by atoms with Crippen LogP contribution in [0.15, 0.2) is 0 Å². The van der Waals surface area contributed by atoms with Crippen molar-refractivity contribution < 1.29 is 0 Å². The molecule has 2 N–H and O–H groups in total. The SMILES string of the molecule is CNCC1CCCNCC1. The average Bonchev–Trinajstić information content (AvgIpc) is 2.17. The maximum atomic E-state index is 3.41. The van der Waals surface area contributed by atoms with Crippen molar-refractivity contribution in [1.82, 2.24) is 10.6 Å². The molecule has 1 unspecified atom stereocenters. The van der Waals surface area contributed by atoms with Crippen LogP contribution in [0.1, 0.15) is 19.3 Å². The lowest BCUT2D eigenvalue weighted by Gasteiger charge is -2.11. The van der Waals surface area contributed by atoms with E-state index in [1.54, 1.807) is 0 Å². The quantitative estimate of drug-likeness (QED) is 0.590. The van der Waals surface area contributed by atoms with Gasteiger partial charge >= 0.3 is 0 Å². The second-order valence-electron chi connectivity index (χ2n) is 3.10. The summed E-state index contributed by atoms with van der Waals surface area (Å²) in [6.07, 6.45) is 4.10. The Morgan fingerprint density at radius 3 is 3.10 bits per heavy atom. The molecule has 0 aliphatic carbocycles. The number of rotatable bonds is 2. The van der Waals surface area contributed by atoms with Crippen molar-refractivity contribution in [3.8, 4) is 0 Å². The van der Waals surface area contributed by atoms with Gasteiger partial charge in [-0.15, -0.1) is 0 Å². The molecule has 0 radical (unpaired) electrons. The predicted molar refractivity (Wildman–Crippen MR) is 44.1 cm³/mol. The van der Waals surface area contributed by atoms with Gasteiger partial charge in [0.05, 0.1) is 0 Å². The van der Waals surface area contributed by atoms with Crippen LogP contribution < -0.4 is 10.6 Å². The summed E-state index contributed by atoms with van der Waals surface area (Å²) in [5, 5.41) is 6.65. The molecule has 1 atom stereocenters. The highest BCUT2D eigenvalue weighted by Gasteiger charge is 2.09. The summed E-state index contributed by atoms with van der Waals surface area (Å²) in [6.45, 7) is 3.63. The van der Waals surface area contributed by atoms with E-state index < -0.39 is 0 Å². The smallest absolute Gasteiger partial charge is 0.00230 e. The fourth-order valence-electron chi connectivity index (χ4n) is 1.58. The second kappa shape index (κ2) is 4.69. The third kappa shape index (κ3) is 2.67. The minimum Gasteiger partial charge on any atom is -0.319 e. The first-order valence-electron chi connectivity index (χ1n) is 4.29. The Morgan fingerprint density at radius 2 is 2.30 bits per heavy atom. The topological polar surface area (TPSA) is 24.1 Å². The molecule has 0 amide bonds. The van der Waals surface area contributed by atoms with Crippen LogP contribution in [0.4, 0.5) is 0 Å². The summed E-state index contributed by atoms with van der Waals surface area (Å²) in [6, 6.07) is 0. The van der Waals surface area contributed by atoms with E-state index >= 15 is 0 Å². The fourth-order valence-corrected chi connectivity index (χ4v) is 1.58. The molecule has 1 fully saturated rings. The van der Waals surface area contributed by atoms with Gasteiger partial charge in [-0.2, -0.15) is 0 Å². The summed E-state index contributed by atoms with van der Waals surface area (Å²) in [5.74, 6) is 0.917. The molecule has 1 rings (SSSR count). The van der Waals surface area contributed by atoms with E-state index in [1.807, 2.05) is 7.05 Å². The van der Waals surface area contributed by atoms with Gasteiger partial charge in [-0.05, 0) is 51.9 Å². The van der Waals surface area contributed by atoms with Crippen molar-refractivity contribution in [2.75, 3.05) is 26.7 Å². The molecule has 1 aliphatic rings. The Labute approximate surface area is 63.4 Å². The molecule has 0 aromatic heterocycles. The van der Waals surface area contributed by atoms with E-state index in [1.165, 1.54) is 38.9 Å². The fraction of sp³-hybridized carbons (Fsp3) is 1.00. The molecular weight excluding hydrogens is 124 g/mol. The highest BCUT2D eigenvalue weighted by atomic mass is 14.9. The highest BCUT2D eigenvalue weighted by Crippen LogP contribution is 2.11. The molecule has 0 aromatic carbocycles. The maximum absolute atomic E-state index is 3.41. The minimum atomic E-state index is 0.917. The van der Waals surface area contributed by atoms with Gasteiger partial charge in [0.25, 0.3) is 0 Å². The van der Waals surface area contributed by atoms with Crippen LogP contribution in [-0.4, -0.2) is 26.7 Å². The molecule has 1 saturated heterocycles. The van der Waals surface area contributed by atoms with E-state index in [-0.39, 0.29) is 0 Å². The van der Waals surface area contributed by atoms with E-state index in [0.717, 1.165) is 5.92 Å². The molecule has 2 heteroatoms. The normalized spacial score (nSPS) is 27.9. The summed E-state index contributed by atoms with van der Waals surface area (Å²) in [7, 11) is 2.04. The zero-order chi connectivity index (χ0) is 7.23. The third-order valence-corrected chi connectivity index (χ3v) is 2.19. The van der Waals surface area contributed by atoms with Gasteiger partial charge in [-0.1, -0.05) is 0 Å². The van der Waals surface area contributed by atoms with Crippen molar-refractivity contribution in [3.63, 3.8) is 0 Å². The van der Waals surface area contributed by atoms with Crippen LogP contribution in [0, 0.1) is 5.92 Å². The molecule has 1 aliphatic heterocycles. The molecule has 10 heavy (non-hydrogen) atoms. The molecule has 0 aromatic rings. The highest BCUT2D eigenvalue weighted by molar-refractivity contribution is 4.67. The molecule has 0 bridgehead atoms. The van der Waals surface area contributed by atoms with Crippen LogP contribution in [0.3, 0.4) is 0 Å². The van der Waals surface area contributed by atoms with E-state index in [9.17, 15) is 0 Å². The van der Waals surface area contributed by atoms with Gasteiger partial charge in [0.15, 0.2) is 0 Å². The largest absolute Gasteiger partial charge is 0.319 e. The lowest BCUT2D eigenvalue weighted by atomic mass is 10.0. The number of nitrogens with one attached hydrogen (secondary N) is 2. The molecular formula is C8H18N2. The predicted octanol–water partition coefficient (Wildman–Crippen LogP) is 0.595. The Balaban J connectivity index is 2.15. The van der Waals surface area contributed by atoms with Crippen LogP contribution in [0.5, 0.6) is 0 Å². The molecule has 0 spiro atoms. The maximum Gasteiger partial charge on any atom is -0.00230 e. The van der Waals surface area contributed by atoms with Crippen molar-refractivity contribution in [2.45, 2.75) is 19.3 Å². The van der Waals surface area contributed by atoms with Crippen molar-refractivity contribution >= 4 is 0 Å². The van der Waals surface area contributed by atoms with Gasteiger partial charge in [0.1, 0.15) is 0 Å². The zero-order valence-electron chi connectivity index (χ0n) is 6.82. The van der Waals surface area contributed by atoms with Crippen molar-refractivity contribution in [3.05, 3.63) is 0 Å². The molecule has 2 nitrogen and oxygen atoms in total. The molecule has 60 valence electrons. The molecule has 0 saturated carbocycles. The average molecular weight is 142 g/mol. The van der Waals surface area contributed by atoms with Gasteiger partial charge in [0.2, 0.25) is 0 Å². The summed E-state index contributed by atoms with van der Waals surface area (Å²) < 4.78 is 0. The lowest BCUT2D eigenvalue weighted by Crippen LogP contribution is -2.20. The number of hydrogen-bond donors (Lipinski definition) is 2. The second-order valence-corrected chi connectivity index (χ2v) is 3.10. The van der Waals surface area contributed by atoms with Crippen LogP contribution in [0.25, 0.3) is 0 Å². The number of hydrogen-bond acceptors (Lipinski definition) is 2. The standard InChI is InChI=1S/C8H18N2/c1-9-7-8-3-2-5-10-6-4-8/h8-10H,2-7H2,1H3. The third-order valence-electron chi connectivity index (χ3n) is 2.19. The Hall–Kier alpha value is -0.0800. The van der Waals surface area contributed by atoms with Crippen LogP contribution in [-0.2, 0) is 0 Å². The Kier molecular flexibility index (Phi) is 3.76. The zero-order valence-corrected chi connectivity index (χ0v) is 6.82. The summed E-state index contributed by atoms with van der Waals surface area (Å²) >= 11 is 0.